The first-order chi connectivity index (χ1) is 10.1. The van der Waals surface area contributed by atoms with E-state index in [0.29, 0.717) is 9.23 Å². The van der Waals surface area contributed by atoms with Gasteiger partial charge in [0.25, 0.3) is 5.91 Å². The van der Waals surface area contributed by atoms with Gasteiger partial charge >= 0.3 is 0 Å². The van der Waals surface area contributed by atoms with Gasteiger partial charge in [-0.25, -0.2) is 0 Å². The number of thiocarbonyl (C=S) groups is 1. The predicted octanol–water partition coefficient (Wildman–Crippen LogP) is 2.98. The van der Waals surface area contributed by atoms with Crippen molar-refractivity contribution in [1.29, 1.82) is 0 Å². The molecule has 4 nitrogen and oxygen atoms in total. The number of carbonyl (C=O) groups is 1. The van der Waals surface area contributed by atoms with E-state index in [9.17, 15) is 4.79 Å². The van der Waals surface area contributed by atoms with Crippen molar-refractivity contribution in [3.05, 3.63) is 52.4 Å². The van der Waals surface area contributed by atoms with Crippen LogP contribution in [0.1, 0.15) is 17.0 Å². The van der Waals surface area contributed by atoms with Gasteiger partial charge in [-0.15, -0.1) is 0 Å². The van der Waals surface area contributed by atoms with Crippen LogP contribution >= 0.6 is 24.0 Å². The van der Waals surface area contributed by atoms with Crippen molar-refractivity contribution in [2.24, 2.45) is 0 Å². The Morgan fingerprint density at radius 3 is 2.86 bits per heavy atom. The van der Waals surface area contributed by atoms with Gasteiger partial charge in [0.2, 0.25) is 0 Å². The quantitative estimate of drug-likeness (QED) is 0.684. The van der Waals surface area contributed by atoms with Gasteiger partial charge in [-0.3, -0.25) is 9.78 Å². The van der Waals surface area contributed by atoms with Gasteiger partial charge in [0.15, 0.2) is 0 Å². The zero-order chi connectivity index (χ0) is 15.0. The number of hydrogen-bond acceptors (Lipinski definition) is 4. The van der Waals surface area contributed by atoms with E-state index in [-0.39, 0.29) is 5.91 Å². The number of rotatable bonds is 2. The molecule has 6 heteroatoms. The van der Waals surface area contributed by atoms with Crippen molar-refractivity contribution in [1.82, 2.24) is 14.9 Å². The zero-order valence-electron chi connectivity index (χ0n) is 11.6. The van der Waals surface area contributed by atoms with Crippen LogP contribution in [0.3, 0.4) is 0 Å². The summed E-state index contributed by atoms with van der Waals surface area (Å²) in [6.07, 6.45) is 5.46. The van der Waals surface area contributed by atoms with Gasteiger partial charge in [-0.1, -0.05) is 24.0 Å². The molecule has 0 radical (unpaired) electrons. The van der Waals surface area contributed by atoms with Crippen LogP contribution < -0.4 is 5.32 Å². The summed E-state index contributed by atoms with van der Waals surface area (Å²) < 4.78 is 2.63. The lowest BCUT2D eigenvalue weighted by Gasteiger charge is -2.08. The van der Waals surface area contributed by atoms with Crippen molar-refractivity contribution < 1.29 is 4.79 Å². The standard InChI is InChI=1S/C15H13N3OS2/c1-9-6-11(7-13-14(19)17-15(20)21-13)10(2)18(9)12-4-3-5-16-8-12/h3-8H,1-2H3,(H,17,19,20)/b13-7+. The molecule has 1 saturated heterocycles. The average Bonchev–Trinajstić information content (AvgIpc) is 2.91. The van der Waals surface area contributed by atoms with Gasteiger partial charge < -0.3 is 9.88 Å². The third-order valence-corrected chi connectivity index (χ3v) is 4.47. The fraction of sp³-hybridized carbons (Fsp3) is 0.133. The highest BCUT2D eigenvalue weighted by atomic mass is 32.2. The summed E-state index contributed by atoms with van der Waals surface area (Å²) in [4.78, 5) is 16.5. The SMILES string of the molecule is Cc1cc(/C=C2/SC(=S)NC2=O)c(C)n1-c1cccnc1. The second-order valence-corrected chi connectivity index (χ2v) is 6.44. The van der Waals surface area contributed by atoms with Crippen molar-refractivity contribution >= 4 is 40.3 Å². The summed E-state index contributed by atoms with van der Waals surface area (Å²) in [7, 11) is 0. The Morgan fingerprint density at radius 1 is 1.43 bits per heavy atom. The van der Waals surface area contributed by atoms with Gasteiger partial charge in [0.05, 0.1) is 16.8 Å². The highest BCUT2D eigenvalue weighted by Crippen LogP contribution is 2.29. The lowest BCUT2D eigenvalue weighted by Crippen LogP contribution is -2.17. The number of pyridine rings is 1. The highest BCUT2D eigenvalue weighted by Gasteiger charge is 2.22. The smallest absolute Gasteiger partial charge is 0.263 e. The second kappa shape index (κ2) is 5.46. The third-order valence-electron chi connectivity index (χ3n) is 3.30. The number of aromatic nitrogens is 2. The molecule has 1 N–H and O–H groups in total. The van der Waals surface area contributed by atoms with Gasteiger partial charge in [-0.2, -0.15) is 0 Å². The summed E-state index contributed by atoms with van der Waals surface area (Å²) in [5, 5.41) is 2.63. The van der Waals surface area contributed by atoms with Gasteiger partial charge in [0.1, 0.15) is 4.32 Å². The minimum atomic E-state index is -0.129. The minimum absolute atomic E-state index is 0.129. The molecule has 0 spiro atoms. The molecule has 0 saturated carbocycles. The number of amides is 1. The van der Waals surface area contributed by atoms with Crippen LogP contribution in [0.15, 0.2) is 35.5 Å². The largest absolute Gasteiger partial charge is 0.316 e. The number of aryl methyl sites for hydroxylation is 1. The molecule has 0 atom stereocenters. The monoisotopic (exact) mass is 315 g/mol. The number of nitrogens with one attached hydrogen (secondary N) is 1. The number of thioether (sulfide) groups is 1. The lowest BCUT2D eigenvalue weighted by atomic mass is 10.2. The fourth-order valence-corrected chi connectivity index (χ4v) is 3.41. The zero-order valence-corrected chi connectivity index (χ0v) is 13.2. The summed E-state index contributed by atoms with van der Waals surface area (Å²) in [6.45, 7) is 4.07. The van der Waals surface area contributed by atoms with Crippen LogP contribution in [0.25, 0.3) is 11.8 Å². The molecule has 0 bridgehead atoms. The second-order valence-electron chi connectivity index (χ2n) is 4.73. The molecule has 0 aliphatic carbocycles. The third kappa shape index (κ3) is 2.64. The highest BCUT2D eigenvalue weighted by molar-refractivity contribution is 8.26. The van der Waals surface area contributed by atoms with Crippen LogP contribution in [0.4, 0.5) is 0 Å². The number of hydrogen-bond donors (Lipinski definition) is 1. The first kappa shape index (κ1) is 14.0. The van der Waals surface area contributed by atoms with Crippen molar-refractivity contribution in [2.45, 2.75) is 13.8 Å². The Balaban J connectivity index is 2.05. The molecule has 3 heterocycles. The molecule has 3 rings (SSSR count). The molecular weight excluding hydrogens is 302 g/mol. The Labute approximate surface area is 132 Å². The number of nitrogens with zero attached hydrogens (tertiary/aromatic N) is 2. The molecule has 1 amide bonds. The van der Waals surface area contributed by atoms with Crippen LogP contribution in [-0.4, -0.2) is 19.8 Å². The van der Waals surface area contributed by atoms with Crippen molar-refractivity contribution in [2.75, 3.05) is 0 Å². The lowest BCUT2D eigenvalue weighted by molar-refractivity contribution is -0.115. The van der Waals surface area contributed by atoms with Crippen LogP contribution in [0.2, 0.25) is 0 Å². The maximum absolute atomic E-state index is 11.8. The minimum Gasteiger partial charge on any atom is -0.316 e. The van der Waals surface area contributed by atoms with E-state index >= 15 is 0 Å². The summed E-state index contributed by atoms with van der Waals surface area (Å²) in [5.41, 5.74) is 4.19. The van der Waals surface area contributed by atoms with Crippen molar-refractivity contribution in [3.8, 4) is 5.69 Å². The molecular formula is C15H13N3OS2. The maximum atomic E-state index is 11.8. The Bertz CT molecular complexity index is 763. The molecule has 0 unspecified atom stereocenters. The molecule has 106 valence electrons. The molecule has 1 aliphatic rings. The van der Waals surface area contributed by atoms with E-state index in [1.165, 1.54) is 11.8 Å². The van der Waals surface area contributed by atoms with Crippen LogP contribution in [-0.2, 0) is 4.79 Å². The van der Waals surface area contributed by atoms with E-state index in [0.717, 1.165) is 22.6 Å². The molecule has 2 aromatic rings. The topological polar surface area (TPSA) is 46.9 Å². The molecule has 21 heavy (non-hydrogen) atoms. The predicted molar refractivity (Wildman–Crippen MR) is 89.3 cm³/mol. The Kier molecular flexibility index (Phi) is 3.65. The first-order valence-corrected chi connectivity index (χ1v) is 7.63. The van der Waals surface area contributed by atoms with Gasteiger partial charge in [0, 0.05) is 17.6 Å². The van der Waals surface area contributed by atoms with E-state index in [4.69, 9.17) is 12.2 Å². The van der Waals surface area contributed by atoms with E-state index < -0.39 is 0 Å². The molecule has 1 fully saturated rings. The van der Waals surface area contributed by atoms with E-state index in [2.05, 4.69) is 20.9 Å². The van der Waals surface area contributed by atoms with E-state index in [1.807, 2.05) is 38.3 Å². The summed E-state index contributed by atoms with van der Waals surface area (Å²) in [6, 6.07) is 5.98. The first-order valence-electron chi connectivity index (χ1n) is 6.40. The summed E-state index contributed by atoms with van der Waals surface area (Å²) in [5.74, 6) is -0.129. The molecule has 0 aromatic carbocycles. The van der Waals surface area contributed by atoms with Crippen LogP contribution in [0, 0.1) is 13.8 Å². The molecule has 1 aliphatic heterocycles. The average molecular weight is 315 g/mol. The van der Waals surface area contributed by atoms with Crippen LogP contribution in [0.5, 0.6) is 0 Å². The Hall–Kier alpha value is -1.92. The van der Waals surface area contributed by atoms with Crippen molar-refractivity contribution in [3.63, 3.8) is 0 Å². The van der Waals surface area contributed by atoms with Gasteiger partial charge in [-0.05, 0) is 43.7 Å². The fourth-order valence-electron chi connectivity index (χ4n) is 2.38. The maximum Gasteiger partial charge on any atom is 0.263 e. The summed E-state index contributed by atoms with van der Waals surface area (Å²) >= 11 is 6.30. The molecule has 2 aromatic heterocycles. The number of carbonyl (C=O) groups excluding carboxylic acids is 1. The Morgan fingerprint density at radius 2 is 2.24 bits per heavy atom. The normalized spacial score (nSPS) is 16.6. The van der Waals surface area contributed by atoms with E-state index in [1.54, 1.807) is 6.20 Å².